The van der Waals surface area contributed by atoms with Gasteiger partial charge in [-0.15, -0.1) is 0 Å². The molecule has 0 amide bonds. The van der Waals surface area contributed by atoms with Gasteiger partial charge >= 0.3 is 17.1 Å². The van der Waals surface area contributed by atoms with Crippen LogP contribution in [0.15, 0.2) is 75.2 Å². The average molecular weight is 447 g/mol. The predicted molar refractivity (Wildman–Crippen MR) is 119 cm³/mol. The molecule has 1 heterocycles. The summed E-state index contributed by atoms with van der Waals surface area (Å²) in [7, 11) is 0. The van der Waals surface area contributed by atoms with E-state index in [4.69, 9.17) is 0 Å². The Balaban J connectivity index is 1.86. The van der Waals surface area contributed by atoms with Crippen molar-refractivity contribution in [3.63, 3.8) is 0 Å². The van der Waals surface area contributed by atoms with Gasteiger partial charge in [0.15, 0.2) is 0 Å². The molecule has 0 bridgehead atoms. The van der Waals surface area contributed by atoms with Crippen LogP contribution < -0.4 is 11.2 Å². The van der Waals surface area contributed by atoms with Crippen molar-refractivity contribution in [3.8, 4) is 11.6 Å². The first kappa shape index (κ1) is 21.1. The van der Waals surface area contributed by atoms with Crippen LogP contribution in [-0.2, 0) is 0 Å². The molecule has 4 rings (SSSR count). The van der Waals surface area contributed by atoms with Gasteiger partial charge in [-0.05, 0) is 17.5 Å². The summed E-state index contributed by atoms with van der Waals surface area (Å²) in [5.41, 5.74) is -3.46. The Kier molecular flexibility index (Phi) is 5.24. The van der Waals surface area contributed by atoms with E-state index in [-0.39, 0.29) is 11.3 Å². The number of aromatic amines is 1. The van der Waals surface area contributed by atoms with Gasteiger partial charge in [-0.3, -0.25) is 35.0 Å². The van der Waals surface area contributed by atoms with Gasteiger partial charge in [0.05, 0.1) is 21.2 Å². The molecule has 0 aliphatic heterocycles. The summed E-state index contributed by atoms with van der Waals surface area (Å²) in [6, 6.07) is 15.1. The summed E-state index contributed by atoms with van der Waals surface area (Å²) in [6.45, 7) is 0. The monoisotopic (exact) mass is 447 g/mol. The standard InChI is InChI=1S/C21H13N5O7/c27-19-15(11-22-13-8-9-17(25(30)31)18(10-13)26(32)33)20(28)24(21(29)23-19)16-7-3-5-12-4-1-2-6-14(12)16/h1-11,28H,(H,23,27,29). The van der Waals surface area contributed by atoms with E-state index >= 15 is 0 Å². The van der Waals surface area contributed by atoms with Gasteiger partial charge in [-0.1, -0.05) is 36.4 Å². The number of nitrogens with zero attached hydrogens (tertiary/aromatic N) is 4. The van der Waals surface area contributed by atoms with Crippen molar-refractivity contribution >= 4 is 34.0 Å². The summed E-state index contributed by atoms with van der Waals surface area (Å²) >= 11 is 0. The van der Waals surface area contributed by atoms with Gasteiger partial charge in [-0.2, -0.15) is 0 Å². The lowest BCUT2D eigenvalue weighted by Crippen LogP contribution is -2.31. The molecular formula is C21H13N5O7. The van der Waals surface area contributed by atoms with Crippen molar-refractivity contribution < 1.29 is 15.0 Å². The molecule has 0 aliphatic rings. The van der Waals surface area contributed by atoms with Gasteiger partial charge < -0.3 is 5.11 Å². The fraction of sp³-hybridized carbons (Fsp3) is 0. The molecule has 1 aromatic heterocycles. The lowest BCUT2D eigenvalue weighted by Gasteiger charge is -2.12. The molecule has 0 fully saturated rings. The Bertz CT molecular complexity index is 1580. The Hall–Kier alpha value is -5.13. The number of hydrogen-bond acceptors (Lipinski definition) is 8. The summed E-state index contributed by atoms with van der Waals surface area (Å²) < 4.78 is 0.906. The van der Waals surface area contributed by atoms with Gasteiger partial charge in [0, 0.05) is 23.7 Å². The van der Waals surface area contributed by atoms with Crippen LogP contribution >= 0.6 is 0 Å². The number of rotatable bonds is 5. The molecule has 12 heteroatoms. The van der Waals surface area contributed by atoms with Crippen LogP contribution in [0, 0.1) is 20.2 Å². The Labute approximate surface area is 183 Å². The SMILES string of the molecule is O=c1[nH]c(=O)n(-c2cccc3ccccc23)c(O)c1C=Nc1ccc([N+](=O)[O-])c([N+](=O)[O-])c1. The normalized spacial score (nSPS) is 11.2. The first-order chi connectivity index (χ1) is 15.8. The number of aromatic nitrogens is 2. The molecule has 0 aliphatic carbocycles. The van der Waals surface area contributed by atoms with Crippen LogP contribution in [0.2, 0.25) is 0 Å². The number of hydrogen-bond donors (Lipinski definition) is 2. The first-order valence-electron chi connectivity index (χ1n) is 9.31. The number of aromatic hydroxyl groups is 1. The number of fused-ring (bicyclic) bond motifs is 1. The maximum Gasteiger partial charge on any atom is 0.348 e. The molecule has 0 atom stereocenters. The summed E-state index contributed by atoms with van der Waals surface area (Å²) in [6.07, 6.45) is 0.917. The van der Waals surface area contributed by atoms with Gasteiger partial charge in [0.2, 0.25) is 5.88 Å². The second-order valence-electron chi connectivity index (χ2n) is 6.78. The zero-order valence-electron chi connectivity index (χ0n) is 16.5. The summed E-state index contributed by atoms with van der Waals surface area (Å²) in [4.78, 5) is 51.1. The molecule has 3 aromatic carbocycles. The number of aliphatic imine (C=N–C) groups is 1. The van der Waals surface area contributed by atoms with Crippen LogP contribution in [0.1, 0.15) is 5.56 Å². The van der Waals surface area contributed by atoms with E-state index in [2.05, 4.69) is 9.98 Å². The molecule has 12 nitrogen and oxygen atoms in total. The summed E-state index contributed by atoms with van der Waals surface area (Å²) in [5.74, 6) is -0.694. The first-order valence-corrected chi connectivity index (χ1v) is 9.31. The predicted octanol–water partition coefficient (Wildman–Crippen LogP) is 2.95. The van der Waals surface area contributed by atoms with Crippen LogP contribution in [0.5, 0.6) is 5.88 Å². The number of nitro benzene ring substituents is 2. The second kappa shape index (κ2) is 8.19. The van der Waals surface area contributed by atoms with Crippen molar-refractivity contribution in [1.29, 1.82) is 0 Å². The van der Waals surface area contributed by atoms with Crippen molar-refractivity contribution in [3.05, 3.63) is 107 Å². The highest BCUT2D eigenvalue weighted by Gasteiger charge is 2.24. The van der Waals surface area contributed by atoms with Crippen LogP contribution in [0.4, 0.5) is 17.1 Å². The quantitative estimate of drug-likeness (QED) is 0.269. The number of H-pyrrole nitrogens is 1. The third-order valence-electron chi connectivity index (χ3n) is 4.82. The fourth-order valence-corrected chi connectivity index (χ4v) is 3.31. The van der Waals surface area contributed by atoms with E-state index in [1.165, 1.54) is 0 Å². The number of nitro groups is 2. The molecule has 164 valence electrons. The highest BCUT2D eigenvalue weighted by Crippen LogP contribution is 2.31. The number of benzene rings is 3. The third-order valence-corrected chi connectivity index (χ3v) is 4.82. The molecule has 2 N–H and O–H groups in total. The smallest absolute Gasteiger partial charge is 0.348 e. The van der Waals surface area contributed by atoms with Gasteiger partial charge in [0.25, 0.3) is 5.56 Å². The average Bonchev–Trinajstić information content (AvgIpc) is 2.78. The Morgan fingerprint density at radius 1 is 0.939 bits per heavy atom. The van der Waals surface area contributed by atoms with Crippen LogP contribution in [-0.4, -0.2) is 30.7 Å². The van der Waals surface area contributed by atoms with Gasteiger partial charge in [0.1, 0.15) is 5.56 Å². The fourth-order valence-electron chi connectivity index (χ4n) is 3.31. The Morgan fingerprint density at radius 3 is 2.36 bits per heavy atom. The molecule has 0 radical (unpaired) electrons. The van der Waals surface area contributed by atoms with Crippen molar-refractivity contribution in [2.75, 3.05) is 0 Å². The largest absolute Gasteiger partial charge is 0.493 e. The van der Waals surface area contributed by atoms with E-state index < -0.39 is 38.4 Å². The zero-order chi connectivity index (χ0) is 23.7. The van der Waals surface area contributed by atoms with Crippen LogP contribution in [0.25, 0.3) is 16.5 Å². The molecule has 4 aromatic rings. The Morgan fingerprint density at radius 2 is 1.64 bits per heavy atom. The molecule has 0 saturated carbocycles. The van der Waals surface area contributed by atoms with Crippen molar-refractivity contribution in [1.82, 2.24) is 9.55 Å². The minimum Gasteiger partial charge on any atom is -0.493 e. The highest BCUT2D eigenvalue weighted by molar-refractivity contribution is 5.91. The molecule has 0 unspecified atom stereocenters. The van der Waals surface area contributed by atoms with Crippen molar-refractivity contribution in [2.45, 2.75) is 0 Å². The molecular weight excluding hydrogens is 434 g/mol. The van der Waals surface area contributed by atoms with E-state index in [1.54, 1.807) is 24.3 Å². The van der Waals surface area contributed by atoms with Crippen LogP contribution in [0.3, 0.4) is 0 Å². The lowest BCUT2D eigenvalue weighted by atomic mass is 10.1. The topological polar surface area (TPSA) is 174 Å². The number of nitrogens with one attached hydrogen (secondary N) is 1. The van der Waals surface area contributed by atoms with Gasteiger partial charge in [-0.25, -0.2) is 9.36 Å². The molecule has 33 heavy (non-hydrogen) atoms. The van der Waals surface area contributed by atoms with E-state index in [0.29, 0.717) is 11.1 Å². The maximum absolute atomic E-state index is 12.5. The molecule has 0 spiro atoms. The van der Waals surface area contributed by atoms with E-state index in [1.807, 2.05) is 18.2 Å². The summed E-state index contributed by atoms with van der Waals surface area (Å²) in [5, 5.41) is 34.3. The zero-order valence-corrected chi connectivity index (χ0v) is 16.5. The minimum absolute atomic E-state index is 0.0750. The lowest BCUT2D eigenvalue weighted by molar-refractivity contribution is -0.422. The third kappa shape index (κ3) is 3.83. The van der Waals surface area contributed by atoms with E-state index in [9.17, 15) is 34.9 Å². The minimum atomic E-state index is -0.936. The maximum atomic E-state index is 12.5. The second-order valence-corrected chi connectivity index (χ2v) is 6.78. The van der Waals surface area contributed by atoms with E-state index in [0.717, 1.165) is 34.4 Å². The highest BCUT2D eigenvalue weighted by atomic mass is 16.6. The van der Waals surface area contributed by atoms with Crippen molar-refractivity contribution in [2.24, 2.45) is 4.99 Å². The molecule has 0 saturated heterocycles.